The van der Waals surface area contributed by atoms with Gasteiger partial charge in [-0.15, -0.1) is 10.2 Å². The first-order valence-corrected chi connectivity index (χ1v) is 8.19. The quantitative estimate of drug-likeness (QED) is 0.711. The Kier molecular flexibility index (Phi) is 4.90. The van der Waals surface area contributed by atoms with Crippen LogP contribution in [-0.2, 0) is 4.79 Å². The topological polar surface area (TPSA) is 68.0 Å². The summed E-state index contributed by atoms with van der Waals surface area (Å²) in [6.07, 6.45) is 0. The fraction of sp³-hybridized carbons (Fsp3) is 0.118. The number of anilines is 1. The van der Waals surface area contributed by atoms with E-state index in [1.165, 1.54) is 6.07 Å². The van der Waals surface area contributed by atoms with Crippen LogP contribution >= 0.6 is 11.8 Å². The highest BCUT2D eigenvalue weighted by molar-refractivity contribution is 7.99. The van der Waals surface area contributed by atoms with Crippen molar-refractivity contribution in [3.63, 3.8) is 0 Å². The van der Waals surface area contributed by atoms with Crippen LogP contribution < -0.4 is 5.32 Å². The van der Waals surface area contributed by atoms with E-state index < -0.39 is 0 Å². The monoisotopic (exact) mass is 343 g/mol. The molecule has 1 amide bonds. The fourth-order valence-corrected chi connectivity index (χ4v) is 2.59. The molecular formula is C17H14FN3O2S. The maximum absolute atomic E-state index is 13.5. The lowest BCUT2D eigenvalue weighted by Gasteiger charge is -2.07. The molecule has 0 bridgehead atoms. The Bertz CT molecular complexity index is 852. The van der Waals surface area contributed by atoms with Crippen molar-refractivity contribution < 1.29 is 13.6 Å². The van der Waals surface area contributed by atoms with Crippen LogP contribution in [-0.4, -0.2) is 21.9 Å². The average molecular weight is 343 g/mol. The van der Waals surface area contributed by atoms with Gasteiger partial charge in [0.2, 0.25) is 11.8 Å². The second-order valence-electron chi connectivity index (χ2n) is 4.99. The van der Waals surface area contributed by atoms with Crippen LogP contribution in [0.4, 0.5) is 10.1 Å². The van der Waals surface area contributed by atoms with Gasteiger partial charge in [0.25, 0.3) is 5.22 Å². The molecule has 3 aromatic rings. The summed E-state index contributed by atoms with van der Waals surface area (Å²) in [5.74, 6) is -0.135. The Labute approximate surface area is 142 Å². The Morgan fingerprint density at radius 2 is 1.96 bits per heavy atom. The highest BCUT2D eigenvalue weighted by Gasteiger charge is 2.12. The van der Waals surface area contributed by atoms with Gasteiger partial charge in [-0.3, -0.25) is 4.79 Å². The van der Waals surface area contributed by atoms with Gasteiger partial charge in [-0.2, -0.15) is 0 Å². The van der Waals surface area contributed by atoms with Gasteiger partial charge in [-0.05, 0) is 31.2 Å². The third-order valence-electron chi connectivity index (χ3n) is 3.30. The van der Waals surface area contributed by atoms with Crippen molar-refractivity contribution in [2.24, 2.45) is 0 Å². The second-order valence-corrected chi connectivity index (χ2v) is 5.91. The summed E-state index contributed by atoms with van der Waals surface area (Å²) < 4.78 is 19.0. The lowest BCUT2D eigenvalue weighted by Crippen LogP contribution is -2.15. The summed E-state index contributed by atoms with van der Waals surface area (Å²) in [5.41, 5.74) is 1.67. The molecule has 1 heterocycles. The standard InChI is InChI=1S/C17H14FN3O2S/c1-11-13(18)8-5-9-14(11)19-15(22)10-24-17-21-20-16(23-17)12-6-3-2-4-7-12/h2-9H,10H2,1H3,(H,19,22). The van der Waals surface area contributed by atoms with E-state index in [2.05, 4.69) is 15.5 Å². The van der Waals surface area contributed by atoms with Crippen LogP contribution in [0.1, 0.15) is 5.56 Å². The van der Waals surface area contributed by atoms with E-state index in [0.29, 0.717) is 22.4 Å². The molecule has 0 aliphatic carbocycles. The van der Waals surface area contributed by atoms with E-state index in [-0.39, 0.29) is 17.5 Å². The van der Waals surface area contributed by atoms with Gasteiger partial charge >= 0.3 is 0 Å². The average Bonchev–Trinajstić information content (AvgIpc) is 3.07. The third-order valence-corrected chi connectivity index (χ3v) is 4.11. The summed E-state index contributed by atoms with van der Waals surface area (Å²) >= 11 is 1.13. The first-order valence-electron chi connectivity index (χ1n) is 7.20. The number of amides is 1. The first kappa shape index (κ1) is 16.2. The number of nitrogens with one attached hydrogen (secondary N) is 1. The molecular weight excluding hydrogens is 329 g/mol. The number of rotatable bonds is 5. The molecule has 24 heavy (non-hydrogen) atoms. The van der Waals surface area contributed by atoms with Crippen LogP contribution in [0, 0.1) is 12.7 Å². The molecule has 0 saturated heterocycles. The van der Waals surface area contributed by atoms with Crippen molar-refractivity contribution in [1.29, 1.82) is 0 Å². The summed E-state index contributed by atoms with van der Waals surface area (Å²) in [6, 6.07) is 13.9. The SMILES string of the molecule is Cc1c(F)cccc1NC(=O)CSc1nnc(-c2ccccc2)o1. The molecule has 0 fully saturated rings. The van der Waals surface area contributed by atoms with Gasteiger partial charge < -0.3 is 9.73 Å². The van der Waals surface area contributed by atoms with Crippen LogP contribution in [0.15, 0.2) is 58.2 Å². The number of carbonyl (C=O) groups is 1. The number of halogens is 1. The van der Waals surface area contributed by atoms with E-state index in [9.17, 15) is 9.18 Å². The van der Waals surface area contributed by atoms with E-state index in [4.69, 9.17) is 4.42 Å². The third kappa shape index (κ3) is 3.80. The van der Waals surface area contributed by atoms with Gasteiger partial charge in [0, 0.05) is 16.8 Å². The molecule has 1 aromatic heterocycles. The lowest BCUT2D eigenvalue weighted by molar-refractivity contribution is -0.113. The number of aromatic nitrogens is 2. The number of hydrogen-bond acceptors (Lipinski definition) is 5. The lowest BCUT2D eigenvalue weighted by atomic mass is 10.2. The predicted molar refractivity (Wildman–Crippen MR) is 90.2 cm³/mol. The zero-order valence-electron chi connectivity index (χ0n) is 12.8. The van der Waals surface area contributed by atoms with Crippen molar-refractivity contribution in [2.75, 3.05) is 11.1 Å². The van der Waals surface area contributed by atoms with Gasteiger partial charge in [-0.1, -0.05) is 36.0 Å². The summed E-state index contributed by atoms with van der Waals surface area (Å²) in [4.78, 5) is 12.0. The molecule has 7 heteroatoms. The summed E-state index contributed by atoms with van der Waals surface area (Å²) in [7, 11) is 0. The zero-order valence-corrected chi connectivity index (χ0v) is 13.6. The number of hydrogen-bond donors (Lipinski definition) is 1. The van der Waals surface area contributed by atoms with Crippen molar-refractivity contribution in [1.82, 2.24) is 10.2 Å². The maximum Gasteiger partial charge on any atom is 0.277 e. The zero-order chi connectivity index (χ0) is 16.9. The van der Waals surface area contributed by atoms with Gasteiger partial charge in [0.15, 0.2) is 0 Å². The maximum atomic E-state index is 13.5. The van der Waals surface area contributed by atoms with E-state index >= 15 is 0 Å². The number of benzene rings is 2. The van der Waals surface area contributed by atoms with Gasteiger partial charge in [-0.25, -0.2) is 4.39 Å². The predicted octanol–water partition coefficient (Wildman–Crippen LogP) is 3.91. The molecule has 3 rings (SSSR count). The molecule has 1 N–H and O–H groups in total. The fourth-order valence-electron chi connectivity index (χ4n) is 2.02. The molecule has 0 spiro atoms. The molecule has 0 saturated carbocycles. The molecule has 0 aliphatic heterocycles. The molecule has 0 aliphatic rings. The van der Waals surface area contributed by atoms with Crippen molar-refractivity contribution in [3.05, 3.63) is 59.9 Å². The second kappa shape index (κ2) is 7.27. The minimum absolute atomic E-state index is 0.0897. The Morgan fingerprint density at radius 1 is 1.17 bits per heavy atom. The van der Waals surface area contributed by atoms with Crippen molar-refractivity contribution >= 4 is 23.4 Å². The van der Waals surface area contributed by atoms with Gasteiger partial charge in [0.1, 0.15) is 5.82 Å². The Morgan fingerprint density at radius 3 is 2.75 bits per heavy atom. The molecule has 2 aromatic carbocycles. The normalized spacial score (nSPS) is 10.6. The molecule has 0 radical (unpaired) electrons. The largest absolute Gasteiger partial charge is 0.411 e. The number of carbonyl (C=O) groups excluding carboxylic acids is 1. The number of thioether (sulfide) groups is 1. The highest BCUT2D eigenvalue weighted by Crippen LogP contribution is 2.23. The molecule has 0 atom stereocenters. The van der Waals surface area contributed by atoms with Crippen molar-refractivity contribution in [3.8, 4) is 11.5 Å². The Balaban J connectivity index is 1.59. The Hall–Kier alpha value is -2.67. The minimum Gasteiger partial charge on any atom is -0.411 e. The van der Waals surface area contributed by atoms with E-state index in [1.54, 1.807) is 19.1 Å². The van der Waals surface area contributed by atoms with E-state index in [0.717, 1.165) is 17.3 Å². The molecule has 5 nitrogen and oxygen atoms in total. The molecule has 122 valence electrons. The van der Waals surface area contributed by atoms with Crippen LogP contribution in [0.2, 0.25) is 0 Å². The van der Waals surface area contributed by atoms with Crippen molar-refractivity contribution in [2.45, 2.75) is 12.1 Å². The van der Waals surface area contributed by atoms with E-state index in [1.807, 2.05) is 30.3 Å². The number of nitrogens with zero attached hydrogens (tertiary/aromatic N) is 2. The van der Waals surface area contributed by atoms with Gasteiger partial charge in [0.05, 0.1) is 5.75 Å². The summed E-state index contributed by atoms with van der Waals surface area (Å²) in [5, 5.41) is 10.8. The van der Waals surface area contributed by atoms with Crippen LogP contribution in [0.25, 0.3) is 11.5 Å². The first-order chi connectivity index (χ1) is 11.6. The highest BCUT2D eigenvalue weighted by atomic mass is 32.2. The summed E-state index contributed by atoms with van der Waals surface area (Å²) in [6.45, 7) is 1.61. The smallest absolute Gasteiger partial charge is 0.277 e. The molecule has 0 unspecified atom stereocenters. The minimum atomic E-state index is -0.357. The van der Waals surface area contributed by atoms with Crippen LogP contribution in [0.3, 0.4) is 0 Å². The van der Waals surface area contributed by atoms with Crippen LogP contribution in [0.5, 0.6) is 0 Å².